The Kier molecular flexibility index (Phi) is 4.00. The minimum absolute atomic E-state index is 0.0212. The number of hydrogen-bond acceptors (Lipinski definition) is 5. The van der Waals surface area contributed by atoms with Crippen molar-refractivity contribution in [1.82, 2.24) is 15.5 Å². The van der Waals surface area contributed by atoms with Gasteiger partial charge in [0.15, 0.2) is 11.3 Å². The van der Waals surface area contributed by atoms with E-state index in [1.807, 2.05) is 0 Å². The molecule has 2 N–H and O–H groups in total. The molecule has 2 unspecified atom stereocenters. The zero-order valence-corrected chi connectivity index (χ0v) is 11.2. The molecule has 0 aromatic carbocycles. The van der Waals surface area contributed by atoms with E-state index in [-0.39, 0.29) is 11.8 Å². The summed E-state index contributed by atoms with van der Waals surface area (Å²) in [7, 11) is 0. The zero-order valence-electron chi connectivity index (χ0n) is 11.2. The minimum Gasteiger partial charge on any atom is -0.305 e. The van der Waals surface area contributed by atoms with Crippen molar-refractivity contribution >= 4 is 5.78 Å². The lowest BCUT2D eigenvalue weighted by molar-refractivity contribution is -0.126. The van der Waals surface area contributed by atoms with E-state index in [4.69, 9.17) is 0 Å². The molecule has 0 spiro atoms. The number of Topliss-reactive ketones (excluding diaryl/α,β-unsaturated/α-hetero) is 1. The van der Waals surface area contributed by atoms with Crippen molar-refractivity contribution in [3.05, 3.63) is 0 Å². The van der Waals surface area contributed by atoms with Crippen LogP contribution in [0.25, 0.3) is 0 Å². The Labute approximate surface area is 109 Å². The van der Waals surface area contributed by atoms with Crippen LogP contribution in [0.1, 0.15) is 26.7 Å². The number of nitrogens with zero attached hydrogens (tertiary/aromatic N) is 2. The van der Waals surface area contributed by atoms with Gasteiger partial charge in [-0.25, -0.2) is 0 Å². The van der Waals surface area contributed by atoms with Crippen LogP contribution in [0, 0.1) is 11.3 Å². The molecular weight excluding hydrogens is 228 g/mol. The predicted molar refractivity (Wildman–Crippen MR) is 69.1 cm³/mol. The number of ketones is 1. The van der Waals surface area contributed by atoms with Crippen molar-refractivity contribution in [3.8, 4) is 6.07 Å². The molecule has 0 saturated carbocycles. The summed E-state index contributed by atoms with van der Waals surface area (Å²) in [6.45, 7) is 7.54. The van der Waals surface area contributed by atoms with Gasteiger partial charge in [0.2, 0.25) is 0 Å². The molecule has 2 heterocycles. The van der Waals surface area contributed by atoms with Crippen LogP contribution in [0.4, 0.5) is 0 Å². The van der Waals surface area contributed by atoms with E-state index in [9.17, 15) is 10.1 Å². The van der Waals surface area contributed by atoms with Crippen LogP contribution >= 0.6 is 0 Å². The van der Waals surface area contributed by atoms with Gasteiger partial charge in [0.1, 0.15) is 0 Å². The Hall–Kier alpha value is -0.960. The first kappa shape index (κ1) is 13.5. The smallest absolute Gasteiger partial charge is 0.185 e. The van der Waals surface area contributed by atoms with E-state index in [1.165, 1.54) is 0 Å². The Morgan fingerprint density at radius 2 is 2.28 bits per heavy atom. The molecule has 5 heteroatoms. The molecule has 18 heavy (non-hydrogen) atoms. The summed E-state index contributed by atoms with van der Waals surface area (Å²) < 4.78 is 0. The first-order chi connectivity index (χ1) is 8.59. The van der Waals surface area contributed by atoms with Gasteiger partial charge in [-0.15, -0.1) is 0 Å². The van der Waals surface area contributed by atoms with Crippen LogP contribution in [0.5, 0.6) is 0 Å². The third-order valence-electron chi connectivity index (χ3n) is 4.02. The van der Waals surface area contributed by atoms with Gasteiger partial charge < -0.3 is 5.32 Å². The molecule has 0 amide bonds. The quantitative estimate of drug-likeness (QED) is 0.731. The summed E-state index contributed by atoms with van der Waals surface area (Å²) in [5, 5.41) is 15.7. The van der Waals surface area contributed by atoms with E-state index < -0.39 is 5.54 Å². The second-order valence-electron chi connectivity index (χ2n) is 5.51. The molecule has 2 fully saturated rings. The Morgan fingerprint density at radius 3 is 2.83 bits per heavy atom. The van der Waals surface area contributed by atoms with E-state index >= 15 is 0 Å². The van der Waals surface area contributed by atoms with Crippen molar-refractivity contribution in [2.45, 2.75) is 44.3 Å². The standard InChI is InChI=1S/C13H22N4O/c1-10(2)17-7-6-15-11(8-17)12(18)13(9-14)4-3-5-16-13/h10-11,15-16H,3-8H2,1-2H3. The van der Waals surface area contributed by atoms with E-state index in [0.29, 0.717) is 19.0 Å². The molecule has 2 saturated heterocycles. The number of carbonyl (C=O) groups excluding carboxylic acids is 1. The van der Waals surface area contributed by atoms with Crippen LogP contribution in [-0.2, 0) is 4.79 Å². The number of rotatable bonds is 3. The van der Waals surface area contributed by atoms with Gasteiger partial charge in [0, 0.05) is 25.7 Å². The predicted octanol–water partition coefficient (Wildman–Crippen LogP) is -0.117. The number of nitrogens with one attached hydrogen (secondary N) is 2. The lowest BCUT2D eigenvalue weighted by Crippen LogP contribution is -2.62. The fraction of sp³-hybridized carbons (Fsp3) is 0.846. The molecule has 0 aromatic heterocycles. The summed E-state index contributed by atoms with van der Waals surface area (Å²) in [5.41, 5.74) is -0.947. The second kappa shape index (κ2) is 5.35. The van der Waals surface area contributed by atoms with Gasteiger partial charge in [0.25, 0.3) is 0 Å². The molecule has 0 bridgehead atoms. The highest BCUT2D eigenvalue weighted by Gasteiger charge is 2.45. The van der Waals surface area contributed by atoms with Crippen LogP contribution in [0.2, 0.25) is 0 Å². The molecule has 0 aromatic rings. The average Bonchev–Trinajstić information content (AvgIpc) is 2.88. The van der Waals surface area contributed by atoms with Crippen molar-refractivity contribution < 1.29 is 4.79 Å². The molecule has 0 aliphatic carbocycles. The monoisotopic (exact) mass is 250 g/mol. The maximum atomic E-state index is 12.5. The summed E-state index contributed by atoms with van der Waals surface area (Å²) in [6, 6.07) is 2.42. The molecular formula is C13H22N4O. The highest BCUT2D eigenvalue weighted by Crippen LogP contribution is 2.22. The summed E-state index contributed by atoms with van der Waals surface area (Å²) >= 11 is 0. The van der Waals surface area contributed by atoms with Gasteiger partial charge in [-0.2, -0.15) is 5.26 Å². The first-order valence-electron chi connectivity index (χ1n) is 6.77. The second-order valence-corrected chi connectivity index (χ2v) is 5.51. The number of piperazine rings is 1. The fourth-order valence-corrected chi connectivity index (χ4v) is 2.82. The molecule has 0 radical (unpaired) electrons. The Morgan fingerprint density at radius 1 is 1.50 bits per heavy atom. The normalized spacial score (nSPS) is 33.6. The maximum absolute atomic E-state index is 12.5. The highest BCUT2D eigenvalue weighted by molar-refractivity contribution is 5.96. The van der Waals surface area contributed by atoms with Gasteiger partial charge in [-0.3, -0.25) is 15.0 Å². The fourth-order valence-electron chi connectivity index (χ4n) is 2.82. The topological polar surface area (TPSA) is 68.2 Å². The molecule has 2 aliphatic heterocycles. The Balaban J connectivity index is 2.07. The van der Waals surface area contributed by atoms with Crippen LogP contribution in [-0.4, -0.2) is 54.5 Å². The summed E-state index contributed by atoms with van der Waals surface area (Å²) in [4.78, 5) is 14.8. The van der Waals surface area contributed by atoms with Gasteiger partial charge in [-0.1, -0.05) is 0 Å². The van der Waals surface area contributed by atoms with Crippen LogP contribution in [0.15, 0.2) is 0 Å². The van der Waals surface area contributed by atoms with Gasteiger partial charge in [0.05, 0.1) is 12.1 Å². The van der Waals surface area contributed by atoms with Crippen LogP contribution in [0.3, 0.4) is 0 Å². The lowest BCUT2D eigenvalue weighted by Gasteiger charge is -2.37. The Bertz CT molecular complexity index is 354. The van der Waals surface area contributed by atoms with Gasteiger partial charge >= 0.3 is 0 Å². The first-order valence-corrected chi connectivity index (χ1v) is 6.77. The number of carbonyl (C=O) groups is 1. The average molecular weight is 250 g/mol. The molecule has 2 atom stereocenters. The highest BCUT2D eigenvalue weighted by atomic mass is 16.1. The van der Waals surface area contributed by atoms with E-state index in [2.05, 4.69) is 35.5 Å². The van der Waals surface area contributed by atoms with Crippen molar-refractivity contribution in [2.75, 3.05) is 26.2 Å². The third-order valence-corrected chi connectivity index (χ3v) is 4.02. The van der Waals surface area contributed by atoms with Crippen molar-refractivity contribution in [1.29, 1.82) is 5.26 Å². The minimum atomic E-state index is -0.947. The largest absolute Gasteiger partial charge is 0.305 e. The lowest BCUT2D eigenvalue weighted by atomic mass is 9.88. The summed E-state index contributed by atoms with van der Waals surface area (Å²) in [6.07, 6.45) is 1.54. The number of hydrogen-bond donors (Lipinski definition) is 2. The SMILES string of the molecule is CC(C)N1CCNC(C(=O)C2(C#N)CCCN2)C1. The van der Waals surface area contributed by atoms with Gasteiger partial charge in [-0.05, 0) is 33.2 Å². The molecule has 5 nitrogen and oxygen atoms in total. The van der Waals surface area contributed by atoms with E-state index in [1.54, 1.807) is 0 Å². The van der Waals surface area contributed by atoms with Crippen LogP contribution < -0.4 is 10.6 Å². The number of nitriles is 1. The van der Waals surface area contributed by atoms with E-state index in [0.717, 1.165) is 26.1 Å². The maximum Gasteiger partial charge on any atom is 0.185 e. The molecule has 2 rings (SSSR count). The van der Waals surface area contributed by atoms with Crippen molar-refractivity contribution in [2.24, 2.45) is 0 Å². The third kappa shape index (κ3) is 2.41. The van der Waals surface area contributed by atoms with Crippen molar-refractivity contribution in [3.63, 3.8) is 0 Å². The molecule has 100 valence electrons. The summed E-state index contributed by atoms with van der Waals surface area (Å²) in [5.74, 6) is 0.0212. The zero-order chi connectivity index (χ0) is 13.2. The molecule has 2 aliphatic rings.